The topological polar surface area (TPSA) is 55.8 Å². The predicted molar refractivity (Wildman–Crippen MR) is 109 cm³/mol. The van der Waals surface area contributed by atoms with Crippen molar-refractivity contribution in [2.75, 3.05) is 19.1 Å². The second kappa shape index (κ2) is 7.78. The van der Waals surface area contributed by atoms with E-state index in [2.05, 4.69) is 15.9 Å². The number of rotatable bonds is 4. The van der Waals surface area contributed by atoms with Crippen LogP contribution in [0.15, 0.2) is 59.1 Å². The molecular weight excluding hydrogens is 430 g/mol. The quantitative estimate of drug-likeness (QED) is 0.400. The zero-order chi connectivity index (χ0) is 19.6. The van der Waals surface area contributed by atoms with Crippen LogP contribution < -0.4 is 4.90 Å². The maximum absolute atomic E-state index is 12.7. The van der Waals surface area contributed by atoms with Crippen LogP contribution in [0.2, 0.25) is 0 Å². The Hall–Kier alpha value is -2.25. The van der Waals surface area contributed by atoms with E-state index < -0.39 is 17.4 Å². The van der Waals surface area contributed by atoms with Gasteiger partial charge in [0.15, 0.2) is 0 Å². The van der Waals surface area contributed by atoms with Crippen molar-refractivity contribution in [2.24, 2.45) is 5.41 Å². The van der Waals surface area contributed by atoms with Crippen LogP contribution in [0.3, 0.4) is 0 Å². The molecule has 0 amide bonds. The van der Waals surface area contributed by atoms with Crippen LogP contribution in [0.5, 0.6) is 0 Å². The Balaban J connectivity index is 2.18. The molecule has 1 heterocycles. The number of carbonyl (C=O) groups is 2. The lowest BCUT2D eigenvalue weighted by molar-refractivity contribution is -0.163. The number of ether oxygens (including phenoxy) is 2. The fourth-order valence-electron chi connectivity index (χ4n) is 3.43. The van der Waals surface area contributed by atoms with Crippen molar-refractivity contribution in [3.8, 4) is 0 Å². The number of esters is 2. The molecular formula is C20H18BrNO4S. The highest BCUT2D eigenvalue weighted by molar-refractivity contribution is 9.10. The molecule has 0 bridgehead atoms. The van der Waals surface area contributed by atoms with E-state index in [0.29, 0.717) is 0 Å². The summed E-state index contributed by atoms with van der Waals surface area (Å²) >= 11 is 9.09. The lowest BCUT2D eigenvalue weighted by Crippen LogP contribution is -2.47. The fraction of sp³-hybridized carbons (Fsp3) is 0.250. The monoisotopic (exact) mass is 447 g/mol. The maximum Gasteiger partial charge on any atom is 0.330 e. The lowest BCUT2D eigenvalue weighted by atomic mass is 9.84. The Bertz CT molecular complexity index is 853. The molecule has 0 N–H and O–H groups in total. The number of benzene rings is 2. The van der Waals surface area contributed by atoms with Gasteiger partial charge in [0.2, 0.25) is 5.41 Å². The summed E-state index contributed by atoms with van der Waals surface area (Å²) in [6.07, 6.45) is 0.141. The third-order valence-electron chi connectivity index (χ3n) is 4.75. The van der Waals surface area contributed by atoms with Crippen LogP contribution in [0.25, 0.3) is 0 Å². The summed E-state index contributed by atoms with van der Waals surface area (Å²) in [4.78, 5) is 27.4. The maximum atomic E-state index is 12.7. The number of nitrogens with zero attached hydrogens (tertiary/aromatic N) is 1. The highest BCUT2D eigenvalue weighted by Gasteiger charge is 2.61. The van der Waals surface area contributed by atoms with Crippen molar-refractivity contribution in [3.05, 3.63) is 64.6 Å². The SMILES string of the molecule is COC(=O)C1(C(=O)OC)CC(c2ccc(Br)cc2)N(c2ccccc2)C1=S. The van der Waals surface area contributed by atoms with E-state index in [0.717, 1.165) is 15.7 Å². The van der Waals surface area contributed by atoms with E-state index in [1.54, 1.807) is 0 Å². The van der Waals surface area contributed by atoms with Gasteiger partial charge in [-0.1, -0.05) is 58.5 Å². The van der Waals surface area contributed by atoms with E-state index in [9.17, 15) is 9.59 Å². The molecule has 27 heavy (non-hydrogen) atoms. The molecule has 0 saturated carbocycles. The van der Waals surface area contributed by atoms with Gasteiger partial charge in [-0.15, -0.1) is 0 Å². The van der Waals surface area contributed by atoms with E-state index in [1.165, 1.54) is 14.2 Å². The number of halogens is 1. The molecule has 1 atom stereocenters. The molecule has 2 aromatic rings. The van der Waals surface area contributed by atoms with E-state index in [4.69, 9.17) is 21.7 Å². The van der Waals surface area contributed by atoms with E-state index in [1.807, 2.05) is 59.5 Å². The molecule has 0 aliphatic carbocycles. The summed E-state index contributed by atoms with van der Waals surface area (Å²) in [6, 6.07) is 16.8. The van der Waals surface area contributed by atoms with Gasteiger partial charge in [-0.3, -0.25) is 9.59 Å². The molecule has 2 aromatic carbocycles. The number of hydrogen-bond donors (Lipinski definition) is 0. The van der Waals surface area contributed by atoms with E-state index in [-0.39, 0.29) is 17.5 Å². The minimum absolute atomic E-state index is 0.141. The van der Waals surface area contributed by atoms with Crippen LogP contribution in [0.4, 0.5) is 5.69 Å². The normalized spacial score (nSPS) is 18.3. The number of anilines is 1. The second-order valence-corrected chi connectivity index (χ2v) is 7.47. The first-order valence-electron chi connectivity index (χ1n) is 8.26. The molecule has 3 rings (SSSR count). The van der Waals surface area contributed by atoms with Crippen molar-refractivity contribution in [3.63, 3.8) is 0 Å². The number of methoxy groups -OCH3 is 2. The first kappa shape index (κ1) is 19.5. The molecule has 1 aliphatic heterocycles. The Morgan fingerprint density at radius 2 is 1.59 bits per heavy atom. The molecule has 5 nitrogen and oxygen atoms in total. The smallest absolute Gasteiger partial charge is 0.330 e. The predicted octanol–water partition coefficient (Wildman–Crippen LogP) is 4.06. The Kier molecular flexibility index (Phi) is 5.62. The van der Waals surface area contributed by atoms with Gasteiger partial charge < -0.3 is 14.4 Å². The van der Waals surface area contributed by atoms with Crippen molar-refractivity contribution in [1.82, 2.24) is 0 Å². The number of carbonyl (C=O) groups excluding carboxylic acids is 2. The van der Waals surface area contributed by atoms with Crippen molar-refractivity contribution < 1.29 is 19.1 Å². The van der Waals surface area contributed by atoms with Gasteiger partial charge in [0.1, 0.15) is 4.99 Å². The standard InChI is InChI=1S/C20H18BrNO4S/c1-25-18(23)20(19(24)26-2)12-16(13-8-10-14(21)11-9-13)22(17(20)27)15-6-4-3-5-7-15/h3-11,16H,12H2,1-2H3. The first-order chi connectivity index (χ1) is 13.0. The molecule has 0 spiro atoms. The minimum atomic E-state index is -1.66. The van der Waals surface area contributed by atoms with Crippen LogP contribution in [-0.4, -0.2) is 31.1 Å². The second-order valence-electron chi connectivity index (χ2n) is 6.17. The van der Waals surface area contributed by atoms with Crippen molar-refractivity contribution in [1.29, 1.82) is 0 Å². The summed E-state index contributed by atoms with van der Waals surface area (Å²) in [6.45, 7) is 0. The fourth-order valence-corrected chi connectivity index (χ4v) is 4.17. The van der Waals surface area contributed by atoms with Gasteiger partial charge in [0.25, 0.3) is 0 Å². The number of para-hydroxylation sites is 1. The molecule has 140 valence electrons. The Labute approximate surface area is 171 Å². The average Bonchev–Trinajstić information content (AvgIpc) is 3.02. The molecule has 1 fully saturated rings. The molecule has 1 saturated heterocycles. The zero-order valence-electron chi connectivity index (χ0n) is 14.8. The highest BCUT2D eigenvalue weighted by atomic mass is 79.9. The average molecular weight is 448 g/mol. The molecule has 1 unspecified atom stereocenters. The highest BCUT2D eigenvalue weighted by Crippen LogP contribution is 2.48. The number of thiocarbonyl (C=S) groups is 1. The van der Waals surface area contributed by atoms with Gasteiger partial charge >= 0.3 is 11.9 Å². The lowest BCUT2D eigenvalue weighted by Gasteiger charge is -2.28. The van der Waals surface area contributed by atoms with Gasteiger partial charge in [0, 0.05) is 16.6 Å². The first-order valence-corrected chi connectivity index (χ1v) is 9.47. The van der Waals surface area contributed by atoms with Gasteiger partial charge in [-0.25, -0.2) is 0 Å². The third-order valence-corrected chi connectivity index (χ3v) is 5.83. The van der Waals surface area contributed by atoms with Crippen molar-refractivity contribution in [2.45, 2.75) is 12.5 Å². The molecule has 7 heteroatoms. The largest absolute Gasteiger partial charge is 0.468 e. The van der Waals surface area contributed by atoms with Crippen LogP contribution in [0.1, 0.15) is 18.0 Å². The number of hydrogen-bond acceptors (Lipinski definition) is 5. The molecule has 0 aromatic heterocycles. The summed E-state index contributed by atoms with van der Waals surface area (Å²) in [7, 11) is 2.49. The van der Waals surface area contributed by atoms with Crippen LogP contribution in [0, 0.1) is 5.41 Å². The minimum Gasteiger partial charge on any atom is -0.468 e. The molecule has 1 aliphatic rings. The van der Waals surface area contributed by atoms with Gasteiger partial charge in [-0.05, 0) is 29.8 Å². The summed E-state index contributed by atoms with van der Waals surface area (Å²) in [5.41, 5.74) is 0.0658. The van der Waals surface area contributed by atoms with Crippen LogP contribution >= 0.6 is 28.1 Å². The van der Waals surface area contributed by atoms with Crippen molar-refractivity contribution >= 4 is 50.8 Å². The van der Waals surface area contributed by atoms with Crippen LogP contribution in [-0.2, 0) is 19.1 Å². The van der Waals surface area contributed by atoms with E-state index >= 15 is 0 Å². The third kappa shape index (κ3) is 3.26. The summed E-state index contributed by atoms with van der Waals surface area (Å²) in [5.74, 6) is -1.42. The van der Waals surface area contributed by atoms with Gasteiger partial charge in [-0.2, -0.15) is 0 Å². The summed E-state index contributed by atoms with van der Waals surface area (Å²) in [5, 5.41) is 0. The Morgan fingerprint density at radius 3 is 2.11 bits per heavy atom. The Morgan fingerprint density at radius 1 is 1.04 bits per heavy atom. The van der Waals surface area contributed by atoms with Gasteiger partial charge in [0.05, 0.1) is 20.3 Å². The molecule has 0 radical (unpaired) electrons. The zero-order valence-corrected chi connectivity index (χ0v) is 17.2. The summed E-state index contributed by atoms with van der Waals surface area (Å²) < 4.78 is 10.8.